The van der Waals surface area contributed by atoms with E-state index in [0.717, 1.165) is 29.4 Å². The van der Waals surface area contributed by atoms with Crippen LogP contribution in [0.5, 0.6) is 0 Å². The number of benzene rings is 1. The second-order valence-electron chi connectivity index (χ2n) is 7.98. The number of H-pyrrole nitrogens is 1. The fraction of sp³-hybridized carbons (Fsp3) is 0.524. The number of imidazole rings is 1. The maximum absolute atomic E-state index is 5.41. The van der Waals surface area contributed by atoms with E-state index in [2.05, 4.69) is 22.3 Å². The minimum atomic E-state index is 0.647. The molecule has 0 saturated heterocycles. The number of aryl methyl sites for hydroxylation is 2. The second kappa shape index (κ2) is 5.72. The van der Waals surface area contributed by atoms with Crippen LogP contribution in [0, 0.1) is 19.8 Å². The zero-order chi connectivity index (χ0) is 17.0. The lowest BCUT2D eigenvalue weighted by Gasteiger charge is -2.11. The Bertz CT molecular complexity index is 907. The molecule has 0 atom stereocenters. The van der Waals surface area contributed by atoms with E-state index in [0.29, 0.717) is 5.92 Å². The highest BCUT2D eigenvalue weighted by molar-refractivity contribution is 5.86. The van der Waals surface area contributed by atoms with Crippen LogP contribution in [-0.2, 0) is 6.42 Å². The third-order valence-corrected chi connectivity index (χ3v) is 5.95. The monoisotopic (exact) mass is 335 g/mol. The van der Waals surface area contributed by atoms with Gasteiger partial charge in [0.1, 0.15) is 11.6 Å². The second-order valence-corrected chi connectivity index (χ2v) is 7.98. The van der Waals surface area contributed by atoms with E-state index < -0.39 is 0 Å². The Hall–Kier alpha value is -2.10. The summed E-state index contributed by atoms with van der Waals surface area (Å²) in [5.74, 6) is 3.53. The molecule has 2 heterocycles. The number of rotatable bonds is 4. The van der Waals surface area contributed by atoms with Crippen LogP contribution < -0.4 is 0 Å². The molecule has 0 radical (unpaired) electrons. The van der Waals surface area contributed by atoms with Crippen molar-refractivity contribution in [1.82, 2.24) is 15.1 Å². The molecular formula is C21H25N3O. The lowest BCUT2D eigenvalue weighted by atomic mass is 9.93. The Morgan fingerprint density at radius 1 is 1.12 bits per heavy atom. The van der Waals surface area contributed by atoms with Crippen molar-refractivity contribution in [2.75, 3.05) is 0 Å². The van der Waals surface area contributed by atoms with Gasteiger partial charge in [-0.3, -0.25) is 0 Å². The predicted molar refractivity (Wildman–Crippen MR) is 98.7 cm³/mol. The number of hydrogen-bond acceptors (Lipinski definition) is 3. The number of hydrogen-bond donors (Lipinski definition) is 1. The summed E-state index contributed by atoms with van der Waals surface area (Å²) >= 11 is 0. The van der Waals surface area contributed by atoms with Gasteiger partial charge in [-0.1, -0.05) is 30.8 Å². The lowest BCUT2D eigenvalue weighted by Crippen LogP contribution is -2.00. The zero-order valence-corrected chi connectivity index (χ0v) is 15.1. The summed E-state index contributed by atoms with van der Waals surface area (Å²) in [6.07, 6.45) is 9.16. The van der Waals surface area contributed by atoms with Crippen LogP contribution in [0.2, 0.25) is 0 Å². The Balaban J connectivity index is 1.65. The van der Waals surface area contributed by atoms with Gasteiger partial charge in [-0.25, -0.2) is 4.98 Å². The number of nitrogens with zero attached hydrogens (tertiary/aromatic N) is 2. The molecule has 2 aliphatic carbocycles. The first-order valence-corrected chi connectivity index (χ1v) is 9.65. The van der Waals surface area contributed by atoms with E-state index >= 15 is 0 Å². The normalized spacial score (nSPS) is 18.5. The van der Waals surface area contributed by atoms with E-state index in [1.165, 1.54) is 66.5 Å². The molecule has 1 aromatic carbocycles. The summed E-state index contributed by atoms with van der Waals surface area (Å²) in [4.78, 5) is 8.59. The van der Waals surface area contributed by atoms with Gasteiger partial charge in [0.05, 0.1) is 16.7 Å². The molecule has 2 aromatic heterocycles. The molecule has 2 saturated carbocycles. The first-order chi connectivity index (χ1) is 12.2. The van der Waals surface area contributed by atoms with E-state index in [4.69, 9.17) is 9.51 Å². The summed E-state index contributed by atoms with van der Waals surface area (Å²) in [5, 5.41) is 4.15. The van der Waals surface area contributed by atoms with Crippen molar-refractivity contribution in [3.05, 3.63) is 35.0 Å². The van der Waals surface area contributed by atoms with Crippen LogP contribution in [-0.4, -0.2) is 15.1 Å². The van der Waals surface area contributed by atoms with Gasteiger partial charge in [0.25, 0.3) is 0 Å². The average molecular weight is 335 g/mol. The maximum Gasteiger partial charge on any atom is 0.141 e. The maximum atomic E-state index is 5.41. The minimum Gasteiger partial charge on any atom is -0.361 e. The van der Waals surface area contributed by atoms with Gasteiger partial charge in [-0.05, 0) is 62.3 Å². The number of fused-ring (bicyclic) bond motifs is 1. The molecule has 130 valence electrons. The highest BCUT2D eigenvalue weighted by atomic mass is 16.5. The van der Waals surface area contributed by atoms with Crippen molar-refractivity contribution in [3.8, 4) is 11.1 Å². The van der Waals surface area contributed by atoms with Gasteiger partial charge < -0.3 is 9.51 Å². The fourth-order valence-corrected chi connectivity index (χ4v) is 4.48. The van der Waals surface area contributed by atoms with E-state index in [9.17, 15) is 0 Å². The molecule has 0 unspecified atom stereocenters. The molecule has 0 amide bonds. The molecule has 2 fully saturated rings. The zero-order valence-electron chi connectivity index (χ0n) is 15.1. The van der Waals surface area contributed by atoms with Crippen LogP contribution >= 0.6 is 0 Å². The number of aromatic amines is 1. The molecule has 1 N–H and O–H groups in total. The third kappa shape index (κ3) is 2.68. The third-order valence-electron chi connectivity index (χ3n) is 5.95. The quantitative estimate of drug-likeness (QED) is 0.690. The Morgan fingerprint density at radius 3 is 2.60 bits per heavy atom. The Labute approximate surface area is 148 Å². The van der Waals surface area contributed by atoms with Crippen molar-refractivity contribution in [3.63, 3.8) is 0 Å². The lowest BCUT2D eigenvalue weighted by molar-refractivity contribution is 0.393. The molecule has 4 nitrogen and oxygen atoms in total. The van der Waals surface area contributed by atoms with Crippen LogP contribution in [0.3, 0.4) is 0 Å². The predicted octanol–water partition coefficient (Wildman–Crippen LogP) is 5.44. The number of nitrogens with one attached hydrogen (secondary N) is 1. The summed E-state index contributed by atoms with van der Waals surface area (Å²) in [7, 11) is 0. The van der Waals surface area contributed by atoms with Crippen molar-refractivity contribution in [2.24, 2.45) is 5.92 Å². The fourth-order valence-electron chi connectivity index (χ4n) is 4.48. The molecule has 25 heavy (non-hydrogen) atoms. The summed E-state index contributed by atoms with van der Waals surface area (Å²) in [5.41, 5.74) is 7.06. The van der Waals surface area contributed by atoms with Crippen molar-refractivity contribution < 1.29 is 4.52 Å². The standard InChI is InChI=1S/C21H25N3O/c1-12-19(13(2)25-24-12)16-10-17(9-14-5-3-4-6-14)20-18(11-16)22-21(23-20)15-7-8-15/h10-11,14-15H,3-9H2,1-2H3,(H,22,23). The van der Waals surface area contributed by atoms with Crippen LogP contribution in [0.15, 0.2) is 16.7 Å². The first-order valence-electron chi connectivity index (χ1n) is 9.65. The van der Waals surface area contributed by atoms with Crippen LogP contribution in [0.4, 0.5) is 0 Å². The molecule has 4 heteroatoms. The van der Waals surface area contributed by atoms with Gasteiger partial charge >= 0.3 is 0 Å². The van der Waals surface area contributed by atoms with E-state index in [1.54, 1.807) is 0 Å². The van der Waals surface area contributed by atoms with Crippen molar-refractivity contribution in [2.45, 2.75) is 64.7 Å². The summed E-state index contributed by atoms with van der Waals surface area (Å²) < 4.78 is 5.41. The van der Waals surface area contributed by atoms with Gasteiger partial charge in [-0.2, -0.15) is 0 Å². The molecule has 2 aliphatic rings. The highest BCUT2D eigenvalue weighted by Gasteiger charge is 2.28. The van der Waals surface area contributed by atoms with Gasteiger partial charge in [-0.15, -0.1) is 0 Å². The van der Waals surface area contributed by atoms with Crippen molar-refractivity contribution in [1.29, 1.82) is 0 Å². The van der Waals surface area contributed by atoms with Crippen molar-refractivity contribution >= 4 is 11.0 Å². The SMILES string of the molecule is Cc1noc(C)c1-c1cc(CC2CCCC2)c2nc(C3CC3)[nH]c2c1. The Kier molecular flexibility index (Phi) is 3.47. The largest absolute Gasteiger partial charge is 0.361 e. The molecular weight excluding hydrogens is 310 g/mol. The van der Waals surface area contributed by atoms with E-state index in [-0.39, 0.29) is 0 Å². The first kappa shape index (κ1) is 15.2. The van der Waals surface area contributed by atoms with Gasteiger partial charge in [0, 0.05) is 11.5 Å². The number of aromatic nitrogens is 3. The van der Waals surface area contributed by atoms with Crippen LogP contribution in [0.25, 0.3) is 22.2 Å². The molecule has 3 aromatic rings. The van der Waals surface area contributed by atoms with Crippen LogP contribution in [0.1, 0.15) is 67.3 Å². The summed E-state index contributed by atoms with van der Waals surface area (Å²) in [6, 6.07) is 4.57. The molecule has 5 rings (SSSR count). The van der Waals surface area contributed by atoms with Gasteiger partial charge in [0.15, 0.2) is 0 Å². The smallest absolute Gasteiger partial charge is 0.141 e. The molecule has 0 aliphatic heterocycles. The molecule has 0 spiro atoms. The molecule has 0 bridgehead atoms. The average Bonchev–Trinajstić information content (AvgIpc) is 3.00. The Morgan fingerprint density at radius 2 is 1.92 bits per heavy atom. The minimum absolute atomic E-state index is 0.647. The van der Waals surface area contributed by atoms with Gasteiger partial charge in [0.2, 0.25) is 0 Å². The van der Waals surface area contributed by atoms with E-state index in [1.807, 2.05) is 13.8 Å². The topological polar surface area (TPSA) is 54.7 Å². The highest BCUT2D eigenvalue weighted by Crippen LogP contribution is 2.41. The summed E-state index contributed by atoms with van der Waals surface area (Å²) in [6.45, 7) is 4.02.